The molecule has 0 atom stereocenters. The molecule has 1 saturated heterocycles. The number of likely N-dealkylation sites (tertiary alicyclic amines) is 1. The Hall–Kier alpha value is -1.64. The molecule has 0 aliphatic carbocycles. The van der Waals surface area contributed by atoms with Crippen molar-refractivity contribution in [3.8, 4) is 0 Å². The minimum absolute atomic E-state index is 0.0211. The van der Waals surface area contributed by atoms with Crippen LogP contribution in [0.15, 0.2) is 30.3 Å². The monoisotopic (exact) mass is 217 g/mol. The summed E-state index contributed by atoms with van der Waals surface area (Å²) in [6.07, 6.45) is 2.69. The number of carbonyl (C=O) groups excluding carboxylic acids is 2. The van der Waals surface area contributed by atoms with E-state index in [2.05, 4.69) is 0 Å². The number of imide groups is 1. The summed E-state index contributed by atoms with van der Waals surface area (Å²) in [5.74, 6) is -0.0944. The van der Waals surface area contributed by atoms with Crippen molar-refractivity contribution in [2.75, 3.05) is 6.54 Å². The highest BCUT2D eigenvalue weighted by molar-refractivity contribution is 5.96. The Labute approximate surface area is 95.1 Å². The van der Waals surface area contributed by atoms with Crippen molar-refractivity contribution in [1.29, 1.82) is 0 Å². The summed E-state index contributed by atoms with van der Waals surface area (Å²) in [4.78, 5) is 24.8. The zero-order valence-electron chi connectivity index (χ0n) is 9.19. The summed E-state index contributed by atoms with van der Waals surface area (Å²) in [5, 5.41) is 0. The standard InChI is InChI=1S/C13H15NO2/c15-12-8-4-5-9-14(12)13(16)10-11-6-2-1-3-7-11/h1-3,6-7H,4-5,8-10H2. The molecule has 3 heteroatoms. The van der Waals surface area contributed by atoms with Gasteiger partial charge in [-0.1, -0.05) is 30.3 Å². The highest BCUT2D eigenvalue weighted by Gasteiger charge is 2.23. The lowest BCUT2D eigenvalue weighted by atomic mass is 10.1. The average molecular weight is 217 g/mol. The maximum atomic E-state index is 11.9. The number of benzene rings is 1. The molecule has 1 aliphatic heterocycles. The summed E-state index contributed by atoms with van der Waals surface area (Å²) in [6.45, 7) is 0.588. The molecule has 0 saturated carbocycles. The van der Waals surface area contributed by atoms with Crippen LogP contribution in [0.3, 0.4) is 0 Å². The molecule has 0 unspecified atom stereocenters. The van der Waals surface area contributed by atoms with Crippen LogP contribution in [-0.2, 0) is 16.0 Å². The second-order valence-electron chi connectivity index (χ2n) is 4.06. The van der Waals surface area contributed by atoms with Crippen LogP contribution in [0.2, 0.25) is 0 Å². The number of piperidine rings is 1. The molecule has 1 aliphatic rings. The lowest BCUT2D eigenvalue weighted by Gasteiger charge is -2.24. The van der Waals surface area contributed by atoms with E-state index in [0.717, 1.165) is 18.4 Å². The predicted octanol–water partition coefficient (Wildman–Crippen LogP) is 1.77. The number of hydrogen-bond acceptors (Lipinski definition) is 2. The molecule has 0 radical (unpaired) electrons. The van der Waals surface area contributed by atoms with Crippen LogP contribution < -0.4 is 0 Å². The molecule has 0 spiro atoms. The molecular formula is C13H15NO2. The normalized spacial score (nSPS) is 16.2. The Morgan fingerprint density at radius 3 is 2.62 bits per heavy atom. The fraction of sp³-hybridized carbons (Fsp3) is 0.385. The summed E-state index contributed by atoms with van der Waals surface area (Å²) in [5.41, 5.74) is 0.964. The van der Waals surface area contributed by atoms with Crippen LogP contribution in [-0.4, -0.2) is 23.3 Å². The summed E-state index contributed by atoms with van der Waals surface area (Å²) in [6, 6.07) is 9.54. The van der Waals surface area contributed by atoms with Gasteiger partial charge in [0.2, 0.25) is 11.8 Å². The first-order chi connectivity index (χ1) is 7.77. The number of rotatable bonds is 2. The molecule has 1 aromatic carbocycles. The zero-order chi connectivity index (χ0) is 11.4. The van der Waals surface area contributed by atoms with E-state index in [0.29, 0.717) is 19.4 Å². The van der Waals surface area contributed by atoms with Crippen molar-refractivity contribution in [2.24, 2.45) is 0 Å². The van der Waals surface area contributed by atoms with Crippen molar-refractivity contribution in [3.63, 3.8) is 0 Å². The van der Waals surface area contributed by atoms with Crippen LogP contribution in [0, 0.1) is 0 Å². The van der Waals surface area contributed by atoms with Crippen LogP contribution in [0.25, 0.3) is 0 Å². The van der Waals surface area contributed by atoms with E-state index in [1.54, 1.807) is 0 Å². The molecule has 3 nitrogen and oxygen atoms in total. The Balaban J connectivity index is 2.00. The number of carbonyl (C=O) groups is 2. The Kier molecular flexibility index (Phi) is 3.34. The van der Waals surface area contributed by atoms with Gasteiger partial charge in [-0.05, 0) is 18.4 Å². The van der Waals surface area contributed by atoms with E-state index in [1.807, 2.05) is 30.3 Å². The maximum Gasteiger partial charge on any atom is 0.233 e. The number of nitrogens with zero attached hydrogens (tertiary/aromatic N) is 1. The van der Waals surface area contributed by atoms with Crippen LogP contribution in [0.4, 0.5) is 0 Å². The summed E-state index contributed by atoms with van der Waals surface area (Å²) < 4.78 is 0. The Bertz CT molecular complexity index is 386. The lowest BCUT2D eigenvalue weighted by Crippen LogP contribution is -2.41. The fourth-order valence-electron chi connectivity index (χ4n) is 1.94. The van der Waals surface area contributed by atoms with Gasteiger partial charge in [0.1, 0.15) is 0 Å². The Morgan fingerprint density at radius 2 is 1.94 bits per heavy atom. The summed E-state index contributed by atoms with van der Waals surface area (Å²) in [7, 11) is 0. The third-order valence-corrected chi connectivity index (χ3v) is 2.82. The third kappa shape index (κ3) is 2.48. The van der Waals surface area contributed by atoms with Gasteiger partial charge in [0.05, 0.1) is 6.42 Å². The number of hydrogen-bond donors (Lipinski definition) is 0. The predicted molar refractivity (Wildman–Crippen MR) is 60.7 cm³/mol. The van der Waals surface area contributed by atoms with E-state index < -0.39 is 0 Å². The summed E-state index contributed by atoms with van der Waals surface area (Å²) >= 11 is 0. The largest absolute Gasteiger partial charge is 0.282 e. The molecule has 1 aromatic rings. The Morgan fingerprint density at radius 1 is 1.19 bits per heavy atom. The van der Waals surface area contributed by atoms with E-state index in [1.165, 1.54) is 4.90 Å². The number of amides is 2. The van der Waals surface area contributed by atoms with Gasteiger partial charge in [-0.15, -0.1) is 0 Å². The molecule has 1 fully saturated rings. The highest BCUT2D eigenvalue weighted by Crippen LogP contribution is 2.12. The van der Waals surface area contributed by atoms with Gasteiger partial charge in [0.15, 0.2) is 0 Å². The van der Waals surface area contributed by atoms with E-state index in [-0.39, 0.29) is 11.8 Å². The van der Waals surface area contributed by atoms with Crippen LogP contribution in [0.1, 0.15) is 24.8 Å². The van der Waals surface area contributed by atoms with Gasteiger partial charge in [0.25, 0.3) is 0 Å². The topological polar surface area (TPSA) is 37.4 Å². The molecule has 16 heavy (non-hydrogen) atoms. The van der Waals surface area contributed by atoms with Crippen LogP contribution in [0.5, 0.6) is 0 Å². The maximum absolute atomic E-state index is 11.9. The second kappa shape index (κ2) is 4.92. The van der Waals surface area contributed by atoms with Crippen molar-refractivity contribution in [1.82, 2.24) is 4.90 Å². The van der Waals surface area contributed by atoms with E-state index in [4.69, 9.17) is 0 Å². The smallest absolute Gasteiger partial charge is 0.233 e. The molecule has 2 amide bonds. The first kappa shape index (κ1) is 10.9. The SMILES string of the molecule is O=C1CCCCN1C(=O)Cc1ccccc1. The fourth-order valence-corrected chi connectivity index (χ4v) is 1.94. The van der Waals surface area contributed by atoms with Crippen molar-refractivity contribution >= 4 is 11.8 Å². The van der Waals surface area contributed by atoms with E-state index in [9.17, 15) is 9.59 Å². The van der Waals surface area contributed by atoms with Gasteiger partial charge < -0.3 is 0 Å². The first-order valence-electron chi connectivity index (χ1n) is 5.64. The molecule has 1 heterocycles. The molecule has 2 rings (SSSR count). The average Bonchev–Trinajstić information content (AvgIpc) is 2.31. The zero-order valence-corrected chi connectivity index (χ0v) is 9.19. The van der Waals surface area contributed by atoms with Gasteiger partial charge in [-0.25, -0.2) is 0 Å². The minimum atomic E-state index is -0.0732. The highest BCUT2D eigenvalue weighted by atomic mass is 16.2. The van der Waals surface area contributed by atoms with E-state index >= 15 is 0 Å². The van der Waals surface area contributed by atoms with Crippen molar-refractivity contribution in [2.45, 2.75) is 25.7 Å². The van der Waals surface area contributed by atoms with Crippen molar-refractivity contribution in [3.05, 3.63) is 35.9 Å². The minimum Gasteiger partial charge on any atom is -0.282 e. The van der Waals surface area contributed by atoms with Gasteiger partial charge in [-0.2, -0.15) is 0 Å². The van der Waals surface area contributed by atoms with Gasteiger partial charge in [-0.3, -0.25) is 14.5 Å². The third-order valence-electron chi connectivity index (χ3n) is 2.82. The second-order valence-corrected chi connectivity index (χ2v) is 4.06. The van der Waals surface area contributed by atoms with Crippen molar-refractivity contribution < 1.29 is 9.59 Å². The van der Waals surface area contributed by atoms with Gasteiger partial charge in [0, 0.05) is 13.0 Å². The quantitative estimate of drug-likeness (QED) is 0.757. The lowest BCUT2D eigenvalue weighted by molar-refractivity contribution is -0.146. The molecule has 0 aromatic heterocycles. The molecule has 84 valence electrons. The molecule has 0 N–H and O–H groups in total. The molecule has 0 bridgehead atoms. The molecular weight excluding hydrogens is 202 g/mol. The van der Waals surface area contributed by atoms with Gasteiger partial charge >= 0.3 is 0 Å². The first-order valence-corrected chi connectivity index (χ1v) is 5.64. The van der Waals surface area contributed by atoms with Crippen LogP contribution >= 0.6 is 0 Å².